The van der Waals surface area contributed by atoms with Gasteiger partial charge in [0.15, 0.2) is 0 Å². The molecule has 240 valence electrons. The van der Waals surface area contributed by atoms with Crippen molar-refractivity contribution >= 4 is 0 Å². The summed E-state index contributed by atoms with van der Waals surface area (Å²) in [5.74, 6) is 3.09. The Morgan fingerprint density at radius 3 is 1.64 bits per heavy atom. The fourth-order valence-electron chi connectivity index (χ4n) is 5.50. The summed E-state index contributed by atoms with van der Waals surface area (Å²) >= 11 is 0. The third kappa shape index (κ3) is 8.41. The molecule has 0 amide bonds. The van der Waals surface area contributed by atoms with Gasteiger partial charge in [-0.3, -0.25) is 0 Å². The molecule has 4 rings (SSSR count). The van der Waals surface area contributed by atoms with Crippen LogP contribution < -0.4 is 29.6 Å². The fourth-order valence-corrected chi connectivity index (χ4v) is 5.50. The molecule has 0 fully saturated rings. The quantitative estimate of drug-likeness (QED) is 0.0920. The number of rotatable bonds is 17. The minimum absolute atomic E-state index is 0.169. The monoisotopic (exact) mass is 614 g/mol. The van der Waals surface area contributed by atoms with E-state index in [4.69, 9.17) is 18.9 Å². The summed E-state index contributed by atoms with van der Waals surface area (Å²) in [6.45, 7) is 3.91. The minimum atomic E-state index is 0.169. The lowest BCUT2D eigenvalue weighted by molar-refractivity contribution is 0.394. The molecule has 0 bridgehead atoms. The molecule has 0 aliphatic rings. The molecule has 0 heterocycles. The van der Waals surface area contributed by atoms with Crippen molar-refractivity contribution in [3.8, 4) is 56.8 Å². The second-order valence-corrected chi connectivity index (χ2v) is 11.0. The van der Waals surface area contributed by atoms with Crippen LogP contribution in [0, 0.1) is 0 Å². The van der Waals surface area contributed by atoms with E-state index >= 15 is 0 Å². The van der Waals surface area contributed by atoms with Crippen molar-refractivity contribution in [3.63, 3.8) is 0 Å². The minimum Gasteiger partial charge on any atom is -0.507 e. The maximum atomic E-state index is 11.3. The molecule has 0 spiro atoms. The van der Waals surface area contributed by atoms with Crippen molar-refractivity contribution in [1.29, 1.82) is 0 Å². The van der Waals surface area contributed by atoms with E-state index in [0.717, 1.165) is 47.9 Å². The Morgan fingerprint density at radius 2 is 1.16 bits per heavy atom. The Labute approximate surface area is 266 Å². The van der Waals surface area contributed by atoms with E-state index in [2.05, 4.69) is 17.6 Å². The second kappa shape index (κ2) is 16.6. The van der Waals surface area contributed by atoms with Crippen LogP contribution in [-0.4, -0.2) is 51.2 Å². The van der Waals surface area contributed by atoms with Gasteiger partial charge in [0.1, 0.15) is 34.5 Å². The van der Waals surface area contributed by atoms with Gasteiger partial charge in [0.05, 0.1) is 28.4 Å². The maximum absolute atomic E-state index is 11.3. The summed E-state index contributed by atoms with van der Waals surface area (Å²) in [5.41, 5.74) is 4.62. The Kier molecular flexibility index (Phi) is 12.4. The van der Waals surface area contributed by atoms with Crippen LogP contribution in [0.3, 0.4) is 0 Å². The van der Waals surface area contributed by atoms with Gasteiger partial charge in [-0.15, -0.1) is 0 Å². The molecule has 0 aromatic heterocycles. The molecule has 1 atom stereocenters. The largest absolute Gasteiger partial charge is 0.507 e. The summed E-state index contributed by atoms with van der Waals surface area (Å²) in [7, 11) is 6.45. The van der Waals surface area contributed by atoms with E-state index in [1.807, 2.05) is 72.8 Å². The van der Waals surface area contributed by atoms with Gasteiger partial charge >= 0.3 is 0 Å². The Hall–Kier alpha value is -4.40. The van der Waals surface area contributed by atoms with Gasteiger partial charge in [-0.1, -0.05) is 62.6 Å². The van der Waals surface area contributed by atoms with E-state index in [1.54, 1.807) is 28.4 Å². The van der Waals surface area contributed by atoms with Crippen LogP contribution >= 0.6 is 0 Å². The number of benzene rings is 4. The van der Waals surface area contributed by atoms with Crippen molar-refractivity contribution in [2.75, 3.05) is 35.0 Å². The van der Waals surface area contributed by atoms with E-state index in [-0.39, 0.29) is 17.5 Å². The summed E-state index contributed by atoms with van der Waals surface area (Å²) < 4.78 is 21.8. The highest BCUT2D eigenvalue weighted by molar-refractivity contribution is 5.78. The number of phenolic OH excluding ortho intramolecular Hbond substituents is 2. The first-order chi connectivity index (χ1) is 21.9. The third-order valence-electron chi connectivity index (χ3n) is 8.08. The Bertz CT molecular complexity index is 1540. The first-order valence-corrected chi connectivity index (χ1v) is 15.4. The number of nitrogens with one attached hydrogen (secondary N) is 2. The molecule has 0 radical (unpaired) electrons. The van der Waals surface area contributed by atoms with Crippen molar-refractivity contribution < 1.29 is 29.2 Å². The van der Waals surface area contributed by atoms with Crippen LogP contribution in [0.1, 0.15) is 43.7 Å². The lowest BCUT2D eigenvalue weighted by atomic mass is 9.99. The Balaban J connectivity index is 1.45. The average molecular weight is 615 g/mol. The standard InChI is InChI=1S/C37H46N2O6/c1-6-7-8-13-27(39-23-26-12-10-15-33(37(26)41)31-19-17-29(43-3)21-35(31)45-5)24-38-22-25-11-9-14-32(36(25)40)30-18-16-28(42-2)20-34(30)44-4/h9-12,14-21,27,38-41H,6-8,13,22-24H2,1-5H3. The molecule has 0 saturated heterocycles. The topological polar surface area (TPSA) is 101 Å². The SMILES string of the molecule is CCCCCC(CNCc1cccc(-c2ccc(OC)cc2OC)c1O)NCc1cccc(-c2ccc(OC)cc2OC)c1O. The van der Waals surface area contributed by atoms with Crippen LogP contribution in [0.5, 0.6) is 34.5 Å². The van der Waals surface area contributed by atoms with Gasteiger partial charge in [-0.05, 0) is 30.7 Å². The van der Waals surface area contributed by atoms with Gasteiger partial charge in [-0.2, -0.15) is 0 Å². The fraction of sp³-hybridized carbons (Fsp3) is 0.351. The van der Waals surface area contributed by atoms with Gasteiger partial charge in [-0.25, -0.2) is 0 Å². The van der Waals surface area contributed by atoms with Gasteiger partial charge < -0.3 is 39.8 Å². The summed E-state index contributed by atoms with van der Waals surface area (Å²) in [6, 6.07) is 22.9. The molecule has 1 unspecified atom stereocenters. The van der Waals surface area contributed by atoms with E-state index in [1.165, 1.54) is 0 Å². The lowest BCUT2D eigenvalue weighted by Gasteiger charge is -2.21. The lowest BCUT2D eigenvalue weighted by Crippen LogP contribution is -2.38. The number of ether oxygens (including phenoxy) is 4. The summed E-state index contributed by atoms with van der Waals surface area (Å²) in [6.07, 6.45) is 4.39. The van der Waals surface area contributed by atoms with Crippen LogP contribution in [-0.2, 0) is 13.1 Å². The maximum Gasteiger partial charge on any atom is 0.130 e. The van der Waals surface area contributed by atoms with Gasteiger partial charge in [0.2, 0.25) is 0 Å². The number of unbranched alkanes of at least 4 members (excludes halogenated alkanes) is 2. The number of para-hydroxylation sites is 2. The van der Waals surface area contributed by atoms with E-state index in [9.17, 15) is 10.2 Å². The molecule has 8 heteroatoms. The number of hydrogen-bond donors (Lipinski definition) is 4. The average Bonchev–Trinajstić information content (AvgIpc) is 3.07. The Morgan fingerprint density at radius 1 is 0.622 bits per heavy atom. The first kappa shape index (κ1) is 33.5. The van der Waals surface area contributed by atoms with Gasteiger partial charge in [0.25, 0.3) is 0 Å². The van der Waals surface area contributed by atoms with Crippen molar-refractivity contribution in [2.24, 2.45) is 0 Å². The molecular formula is C37H46N2O6. The predicted octanol–water partition coefficient (Wildman–Crippen LogP) is 7.29. The highest BCUT2D eigenvalue weighted by Crippen LogP contribution is 2.40. The zero-order valence-corrected chi connectivity index (χ0v) is 27.0. The molecule has 4 aromatic rings. The molecule has 0 aliphatic heterocycles. The van der Waals surface area contributed by atoms with E-state index < -0.39 is 0 Å². The van der Waals surface area contributed by atoms with Crippen molar-refractivity contribution in [3.05, 3.63) is 83.9 Å². The third-order valence-corrected chi connectivity index (χ3v) is 8.08. The van der Waals surface area contributed by atoms with Crippen LogP contribution in [0.25, 0.3) is 22.3 Å². The highest BCUT2D eigenvalue weighted by Gasteiger charge is 2.17. The molecule has 8 nitrogen and oxygen atoms in total. The molecule has 0 saturated carbocycles. The molecule has 0 aliphatic carbocycles. The zero-order valence-electron chi connectivity index (χ0n) is 27.0. The number of methoxy groups -OCH3 is 4. The summed E-state index contributed by atoms with van der Waals surface area (Å²) in [5, 5.41) is 29.7. The van der Waals surface area contributed by atoms with Crippen molar-refractivity contribution in [2.45, 2.75) is 51.7 Å². The van der Waals surface area contributed by atoms with Gasteiger partial charge in [0, 0.05) is 71.2 Å². The van der Waals surface area contributed by atoms with Crippen LogP contribution in [0.15, 0.2) is 72.8 Å². The van der Waals surface area contributed by atoms with Crippen LogP contribution in [0.4, 0.5) is 0 Å². The van der Waals surface area contributed by atoms with Crippen LogP contribution in [0.2, 0.25) is 0 Å². The predicted molar refractivity (Wildman–Crippen MR) is 180 cm³/mol. The smallest absolute Gasteiger partial charge is 0.130 e. The molecule has 45 heavy (non-hydrogen) atoms. The van der Waals surface area contributed by atoms with E-state index in [0.29, 0.717) is 53.8 Å². The molecule has 4 aromatic carbocycles. The summed E-state index contributed by atoms with van der Waals surface area (Å²) in [4.78, 5) is 0. The first-order valence-electron chi connectivity index (χ1n) is 15.4. The normalized spacial score (nSPS) is 11.7. The second-order valence-electron chi connectivity index (χ2n) is 11.0. The number of hydrogen-bond acceptors (Lipinski definition) is 8. The highest BCUT2D eigenvalue weighted by atomic mass is 16.5. The van der Waals surface area contributed by atoms with Crippen molar-refractivity contribution in [1.82, 2.24) is 10.6 Å². The zero-order chi connectivity index (χ0) is 32.2. The number of phenols is 2. The molecular weight excluding hydrogens is 568 g/mol. The molecule has 4 N–H and O–H groups in total. The number of aromatic hydroxyl groups is 2.